The Kier molecular flexibility index (Phi) is 13.0. The Morgan fingerprint density at radius 3 is 2.05 bits per heavy atom. The van der Waals surface area contributed by atoms with Crippen LogP contribution >= 0.6 is 0 Å². The maximum Gasteiger partial charge on any atom is 0.336 e. The second-order valence-electron chi connectivity index (χ2n) is 4.89. The third-order valence-corrected chi connectivity index (χ3v) is 2.92. The third kappa shape index (κ3) is 13.6. The molecule has 0 saturated carbocycles. The zero-order chi connectivity index (χ0) is 15.9. The van der Waals surface area contributed by atoms with Gasteiger partial charge in [-0.25, -0.2) is 9.68 Å². The Bertz CT molecular complexity index is 280. The van der Waals surface area contributed by atoms with Crippen LogP contribution in [0, 0.1) is 0 Å². The Balaban J connectivity index is 3.38. The summed E-state index contributed by atoms with van der Waals surface area (Å²) in [6.45, 7) is 2.47. The fourth-order valence-corrected chi connectivity index (χ4v) is 1.73. The van der Waals surface area contributed by atoms with Crippen LogP contribution in [-0.4, -0.2) is 34.9 Å². The van der Waals surface area contributed by atoms with Gasteiger partial charge in [0.1, 0.15) is 0 Å². The van der Waals surface area contributed by atoms with Crippen LogP contribution in [0.2, 0.25) is 0 Å². The summed E-state index contributed by atoms with van der Waals surface area (Å²) in [7, 11) is 0. The van der Waals surface area contributed by atoms with E-state index in [0.29, 0.717) is 0 Å². The van der Waals surface area contributed by atoms with Crippen molar-refractivity contribution in [1.82, 2.24) is 0 Å². The van der Waals surface area contributed by atoms with E-state index in [-0.39, 0.29) is 6.61 Å². The standard InChI is InChI=1S/C14H26O7/c1-2-3-4-5-6-7-8-9-10-19-21-20-12(14(17)18)11-13(15)16/h12H,2-11H2,1H3,(H,15,16)(H,17,18). The van der Waals surface area contributed by atoms with E-state index in [1.54, 1.807) is 0 Å². The van der Waals surface area contributed by atoms with Crippen molar-refractivity contribution < 1.29 is 34.6 Å². The van der Waals surface area contributed by atoms with Crippen LogP contribution in [-0.2, 0) is 24.4 Å². The lowest BCUT2D eigenvalue weighted by molar-refractivity contribution is -0.522. The van der Waals surface area contributed by atoms with Crippen molar-refractivity contribution >= 4 is 11.9 Å². The first-order valence-electron chi connectivity index (χ1n) is 7.47. The van der Waals surface area contributed by atoms with E-state index in [2.05, 4.69) is 21.7 Å². The molecule has 0 aromatic rings. The first-order chi connectivity index (χ1) is 10.1. The van der Waals surface area contributed by atoms with E-state index in [4.69, 9.17) is 10.2 Å². The zero-order valence-electron chi connectivity index (χ0n) is 12.6. The molecule has 0 aliphatic heterocycles. The van der Waals surface area contributed by atoms with Gasteiger partial charge in [0, 0.05) is 0 Å². The number of hydrogen-bond acceptors (Lipinski definition) is 5. The molecule has 0 amide bonds. The fourth-order valence-electron chi connectivity index (χ4n) is 1.73. The molecule has 1 unspecified atom stereocenters. The van der Waals surface area contributed by atoms with Crippen LogP contribution in [0.1, 0.15) is 64.7 Å². The molecule has 0 bridgehead atoms. The van der Waals surface area contributed by atoms with E-state index in [1.807, 2.05) is 0 Å². The Labute approximate surface area is 125 Å². The van der Waals surface area contributed by atoms with Gasteiger partial charge in [-0.15, -0.1) is 0 Å². The van der Waals surface area contributed by atoms with Crippen LogP contribution in [0.3, 0.4) is 0 Å². The molecule has 0 aliphatic carbocycles. The van der Waals surface area contributed by atoms with Crippen molar-refractivity contribution in [2.45, 2.75) is 70.8 Å². The summed E-state index contributed by atoms with van der Waals surface area (Å²) in [6.07, 6.45) is 6.94. The smallest absolute Gasteiger partial charge is 0.336 e. The molecule has 0 aliphatic rings. The molecule has 0 radical (unpaired) electrons. The highest BCUT2D eigenvalue weighted by atomic mass is 17.5. The molecule has 0 aromatic carbocycles. The fraction of sp³-hybridized carbons (Fsp3) is 0.857. The summed E-state index contributed by atoms with van der Waals surface area (Å²) in [6, 6.07) is 0. The van der Waals surface area contributed by atoms with Gasteiger partial charge in [-0.05, 0) is 6.42 Å². The number of carbonyl (C=O) groups is 2. The molecule has 124 valence electrons. The van der Waals surface area contributed by atoms with Crippen LogP contribution in [0.5, 0.6) is 0 Å². The Morgan fingerprint density at radius 2 is 1.52 bits per heavy atom. The molecule has 2 N–H and O–H groups in total. The van der Waals surface area contributed by atoms with Crippen molar-refractivity contribution in [3.8, 4) is 0 Å². The third-order valence-electron chi connectivity index (χ3n) is 2.92. The lowest BCUT2D eigenvalue weighted by Crippen LogP contribution is -2.27. The lowest BCUT2D eigenvalue weighted by atomic mass is 10.1. The molecular weight excluding hydrogens is 280 g/mol. The largest absolute Gasteiger partial charge is 0.481 e. The molecule has 0 spiro atoms. The topological polar surface area (TPSA) is 102 Å². The summed E-state index contributed by atoms with van der Waals surface area (Å²) in [4.78, 5) is 30.0. The highest BCUT2D eigenvalue weighted by Crippen LogP contribution is 2.08. The van der Waals surface area contributed by atoms with Crippen molar-refractivity contribution in [3.05, 3.63) is 0 Å². The van der Waals surface area contributed by atoms with Crippen molar-refractivity contribution in [1.29, 1.82) is 0 Å². The molecule has 0 saturated heterocycles. The number of rotatable bonds is 15. The monoisotopic (exact) mass is 306 g/mol. The summed E-state index contributed by atoms with van der Waals surface area (Å²) < 4.78 is 0. The van der Waals surface area contributed by atoms with Crippen LogP contribution < -0.4 is 0 Å². The Morgan fingerprint density at radius 1 is 0.952 bits per heavy atom. The molecule has 0 fully saturated rings. The molecule has 1 atom stereocenters. The lowest BCUT2D eigenvalue weighted by Gasteiger charge is -2.09. The molecule has 21 heavy (non-hydrogen) atoms. The van der Waals surface area contributed by atoms with Crippen molar-refractivity contribution in [2.75, 3.05) is 6.61 Å². The molecule has 0 heterocycles. The van der Waals surface area contributed by atoms with Gasteiger partial charge in [-0.1, -0.05) is 56.9 Å². The first-order valence-corrected chi connectivity index (χ1v) is 7.47. The van der Waals surface area contributed by atoms with Gasteiger partial charge in [0.25, 0.3) is 0 Å². The molecular formula is C14H26O7. The molecule has 0 rings (SSSR count). The van der Waals surface area contributed by atoms with Gasteiger partial charge in [-0.3, -0.25) is 4.79 Å². The van der Waals surface area contributed by atoms with Crippen LogP contribution in [0.15, 0.2) is 0 Å². The number of hydrogen-bond donors (Lipinski definition) is 2. The number of carboxylic acids is 2. The van der Waals surface area contributed by atoms with E-state index in [0.717, 1.165) is 19.3 Å². The van der Waals surface area contributed by atoms with E-state index in [1.165, 1.54) is 32.1 Å². The molecule has 7 nitrogen and oxygen atoms in total. The Hall–Kier alpha value is -1.18. The van der Waals surface area contributed by atoms with Gasteiger partial charge in [0.15, 0.2) is 0 Å². The van der Waals surface area contributed by atoms with E-state index in [9.17, 15) is 9.59 Å². The van der Waals surface area contributed by atoms with Gasteiger partial charge >= 0.3 is 11.9 Å². The minimum absolute atomic E-state index is 0.286. The number of carboxylic acid groups (broad SMARTS) is 2. The van der Waals surface area contributed by atoms with E-state index < -0.39 is 24.5 Å². The van der Waals surface area contributed by atoms with Crippen LogP contribution in [0.25, 0.3) is 0 Å². The number of unbranched alkanes of at least 4 members (excludes halogenated alkanes) is 7. The van der Waals surface area contributed by atoms with Crippen LogP contribution in [0.4, 0.5) is 0 Å². The highest BCUT2D eigenvalue weighted by Gasteiger charge is 2.23. The average molecular weight is 306 g/mol. The summed E-state index contributed by atoms with van der Waals surface area (Å²) in [5, 5.41) is 21.4. The minimum atomic E-state index is -1.57. The second-order valence-corrected chi connectivity index (χ2v) is 4.89. The van der Waals surface area contributed by atoms with Crippen molar-refractivity contribution in [2.24, 2.45) is 0 Å². The van der Waals surface area contributed by atoms with Gasteiger partial charge < -0.3 is 10.2 Å². The summed E-state index contributed by atoms with van der Waals surface area (Å²) in [5.41, 5.74) is 0. The normalized spacial score (nSPS) is 12.2. The quantitative estimate of drug-likeness (QED) is 0.272. The zero-order valence-corrected chi connectivity index (χ0v) is 12.6. The van der Waals surface area contributed by atoms with E-state index >= 15 is 0 Å². The van der Waals surface area contributed by atoms with Gasteiger partial charge in [0.05, 0.1) is 13.0 Å². The van der Waals surface area contributed by atoms with Crippen molar-refractivity contribution in [3.63, 3.8) is 0 Å². The maximum atomic E-state index is 10.6. The SMILES string of the molecule is CCCCCCCCCCOOOC(CC(=O)O)C(=O)O. The minimum Gasteiger partial charge on any atom is -0.481 e. The molecule has 7 heteroatoms. The summed E-state index contributed by atoms with van der Waals surface area (Å²) in [5.74, 6) is -2.69. The predicted molar refractivity (Wildman–Crippen MR) is 74.4 cm³/mol. The summed E-state index contributed by atoms with van der Waals surface area (Å²) >= 11 is 0. The molecule has 0 aromatic heterocycles. The highest BCUT2D eigenvalue weighted by molar-refractivity contribution is 5.79. The van der Waals surface area contributed by atoms with Gasteiger partial charge in [-0.2, -0.15) is 4.89 Å². The average Bonchev–Trinajstić information content (AvgIpc) is 2.42. The first kappa shape index (κ1) is 19.8. The predicted octanol–water partition coefficient (Wildman–Crippen LogP) is 2.93. The number of aliphatic carboxylic acids is 2. The maximum absolute atomic E-state index is 10.6. The van der Waals surface area contributed by atoms with Gasteiger partial charge in [0.2, 0.25) is 6.10 Å². The second kappa shape index (κ2) is 13.8.